The maximum absolute atomic E-state index is 9.55. The first kappa shape index (κ1) is 17.9. The molecule has 0 aliphatic rings. The highest BCUT2D eigenvalue weighted by Crippen LogP contribution is 2.25. The largest absolute Gasteiger partial charge is 0.454 e. The summed E-state index contributed by atoms with van der Waals surface area (Å²) in [4.78, 5) is 4.53. The van der Waals surface area contributed by atoms with Gasteiger partial charge in [0.2, 0.25) is 0 Å². The first-order chi connectivity index (χ1) is 14.8. The third kappa shape index (κ3) is 3.47. The van der Waals surface area contributed by atoms with E-state index in [2.05, 4.69) is 10.1 Å². The highest BCUT2D eigenvalue weighted by molar-refractivity contribution is 5.86. The molecule has 0 radical (unpaired) electrons. The quantitative estimate of drug-likeness (QED) is 0.230. The van der Waals surface area contributed by atoms with Gasteiger partial charge in [-0.25, -0.2) is 0 Å². The van der Waals surface area contributed by atoms with Crippen LogP contribution in [0.5, 0.6) is 0 Å². The van der Waals surface area contributed by atoms with Gasteiger partial charge in [0.15, 0.2) is 5.76 Å². The van der Waals surface area contributed by atoms with E-state index in [1.165, 1.54) is 0 Å². The van der Waals surface area contributed by atoms with Crippen LogP contribution in [0.4, 0.5) is 0 Å². The summed E-state index contributed by atoms with van der Waals surface area (Å²) in [7, 11) is 0. The van der Waals surface area contributed by atoms with Gasteiger partial charge in [0.1, 0.15) is 16.6 Å². The van der Waals surface area contributed by atoms with Crippen molar-refractivity contribution in [2.45, 2.75) is 0 Å². The predicted octanol–water partition coefficient (Wildman–Crippen LogP) is 6.11. The zero-order valence-electron chi connectivity index (χ0n) is 16.1. The van der Waals surface area contributed by atoms with Gasteiger partial charge in [-0.15, -0.1) is 0 Å². The average Bonchev–Trinajstić information content (AvgIpc) is 2.82. The fourth-order valence-corrected chi connectivity index (χ4v) is 3.47. The van der Waals surface area contributed by atoms with Crippen LogP contribution in [0.3, 0.4) is 0 Å². The second-order valence-electron chi connectivity index (χ2n) is 7.01. The molecule has 5 rings (SSSR count). The maximum atomic E-state index is 9.55. The summed E-state index contributed by atoms with van der Waals surface area (Å²) in [5.41, 5.74) is 3.42. The number of fused-ring (bicyclic) bond motifs is 2. The molecule has 5 aromatic rings. The number of rotatable bonds is 3. The second-order valence-corrected chi connectivity index (χ2v) is 7.01. The molecule has 0 saturated carbocycles. The molecule has 4 nitrogen and oxygen atoms in total. The molecule has 0 saturated heterocycles. The van der Waals surface area contributed by atoms with Gasteiger partial charge in [-0.05, 0) is 34.7 Å². The third-order valence-electron chi connectivity index (χ3n) is 5.03. The van der Waals surface area contributed by atoms with Crippen LogP contribution in [0.1, 0.15) is 11.1 Å². The molecule has 0 fully saturated rings. The van der Waals surface area contributed by atoms with Crippen LogP contribution in [0.2, 0.25) is 0 Å². The van der Waals surface area contributed by atoms with E-state index < -0.39 is 0 Å². The summed E-state index contributed by atoms with van der Waals surface area (Å²) < 4.78 is 6.16. The lowest BCUT2D eigenvalue weighted by Gasteiger charge is -2.06. The van der Waals surface area contributed by atoms with Crippen molar-refractivity contribution in [2.75, 3.05) is 0 Å². The fraction of sp³-hybridized carbons (Fsp3) is 0. The van der Waals surface area contributed by atoms with E-state index in [0.29, 0.717) is 22.4 Å². The van der Waals surface area contributed by atoms with Crippen molar-refractivity contribution in [3.8, 4) is 11.5 Å². The van der Waals surface area contributed by atoms with E-state index in [1.54, 1.807) is 6.07 Å². The van der Waals surface area contributed by atoms with Crippen molar-refractivity contribution in [2.24, 2.45) is 5.16 Å². The van der Waals surface area contributed by atoms with E-state index >= 15 is 0 Å². The van der Waals surface area contributed by atoms with Gasteiger partial charge < -0.3 is 9.62 Å². The highest BCUT2D eigenvalue weighted by Gasteiger charge is 2.09. The van der Waals surface area contributed by atoms with Crippen molar-refractivity contribution < 1.29 is 9.62 Å². The molecule has 0 unspecified atom stereocenters. The summed E-state index contributed by atoms with van der Waals surface area (Å²) in [6, 6.07) is 27.6. The normalized spacial score (nSPS) is 12.2. The van der Waals surface area contributed by atoms with Crippen LogP contribution in [0.15, 0.2) is 101 Å². The minimum absolute atomic E-state index is 0.444. The average molecular weight is 390 g/mol. The zero-order valence-corrected chi connectivity index (χ0v) is 16.1. The molecule has 0 aliphatic heterocycles. The number of benzene rings is 3. The SMILES string of the molecule is O/N=c1/cc(-c2cc3ccccc3cn2)oc2cc(/C=C/c3ccccc3)ccc12. The molecule has 4 heteroatoms. The molecule has 0 bridgehead atoms. The Balaban J connectivity index is 1.61. The topological polar surface area (TPSA) is 58.6 Å². The van der Waals surface area contributed by atoms with Gasteiger partial charge in [-0.3, -0.25) is 4.98 Å². The summed E-state index contributed by atoms with van der Waals surface area (Å²) in [5.74, 6) is 0.547. The van der Waals surface area contributed by atoms with Crippen molar-refractivity contribution in [1.29, 1.82) is 0 Å². The van der Waals surface area contributed by atoms with Crippen LogP contribution in [-0.4, -0.2) is 10.2 Å². The monoisotopic (exact) mass is 390 g/mol. The van der Waals surface area contributed by atoms with Gasteiger partial charge in [-0.2, -0.15) is 0 Å². The lowest BCUT2D eigenvalue weighted by Crippen LogP contribution is -2.03. The maximum Gasteiger partial charge on any atom is 0.155 e. The Morgan fingerprint density at radius 1 is 0.767 bits per heavy atom. The Morgan fingerprint density at radius 3 is 2.37 bits per heavy atom. The molecule has 3 aromatic carbocycles. The van der Waals surface area contributed by atoms with Gasteiger partial charge in [0, 0.05) is 23.0 Å². The molecular weight excluding hydrogens is 372 g/mol. The lowest BCUT2D eigenvalue weighted by atomic mass is 10.1. The Hall–Kier alpha value is -4.18. The Kier molecular flexibility index (Phi) is 4.58. The molecule has 30 heavy (non-hydrogen) atoms. The minimum atomic E-state index is 0.444. The predicted molar refractivity (Wildman–Crippen MR) is 120 cm³/mol. The van der Waals surface area contributed by atoms with Gasteiger partial charge in [-0.1, -0.05) is 78.0 Å². The molecule has 1 N–H and O–H groups in total. The number of hydrogen-bond acceptors (Lipinski definition) is 4. The van der Waals surface area contributed by atoms with E-state index in [4.69, 9.17) is 4.42 Å². The van der Waals surface area contributed by atoms with Crippen LogP contribution >= 0.6 is 0 Å². The number of aromatic nitrogens is 1. The molecule has 2 aromatic heterocycles. The van der Waals surface area contributed by atoms with E-state index in [0.717, 1.165) is 27.3 Å². The van der Waals surface area contributed by atoms with Crippen LogP contribution in [0.25, 0.3) is 45.3 Å². The summed E-state index contributed by atoms with van der Waals surface area (Å²) >= 11 is 0. The van der Waals surface area contributed by atoms with Crippen LogP contribution < -0.4 is 5.36 Å². The summed E-state index contributed by atoms with van der Waals surface area (Å²) in [5, 5.41) is 16.3. The van der Waals surface area contributed by atoms with Crippen LogP contribution in [0, 0.1) is 0 Å². The van der Waals surface area contributed by atoms with Gasteiger partial charge in [0.25, 0.3) is 0 Å². The molecule has 0 aliphatic carbocycles. The Labute approximate surface area is 173 Å². The Bertz CT molecular complexity index is 1450. The van der Waals surface area contributed by atoms with Crippen molar-refractivity contribution in [3.63, 3.8) is 0 Å². The smallest absolute Gasteiger partial charge is 0.155 e. The highest BCUT2D eigenvalue weighted by atomic mass is 16.4. The second kappa shape index (κ2) is 7.68. The Morgan fingerprint density at radius 2 is 1.53 bits per heavy atom. The minimum Gasteiger partial charge on any atom is -0.454 e. The van der Waals surface area contributed by atoms with Gasteiger partial charge in [0.05, 0.1) is 0 Å². The van der Waals surface area contributed by atoms with Crippen molar-refractivity contribution in [3.05, 3.63) is 108 Å². The number of hydrogen-bond donors (Lipinski definition) is 1. The zero-order chi connectivity index (χ0) is 20.3. The molecule has 0 amide bonds. The van der Waals surface area contributed by atoms with Crippen LogP contribution in [-0.2, 0) is 0 Å². The summed E-state index contributed by atoms with van der Waals surface area (Å²) in [6.45, 7) is 0. The standard InChI is InChI=1S/C26H18N2O2/c29-28-23-16-26(24-15-20-8-4-5-9-21(20)17-27-24)30-25-14-19(12-13-22(23)25)11-10-18-6-2-1-3-7-18/h1-17,29H/b11-10+,28-23-. The lowest BCUT2D eigenvalue weighted by molar-refractivity contribution is 0.302. The first-order valence-corrected chi connectivity index (χ1v) is 9.64. The summed E-state index contributed by atoms with van der Waals surface area (Å²) in [6.07, 6.45) is 5.90. The molecule has 0 atom stereocenters. The first-order valence-electron chi connectivity index (χ1n) is 9.64. The fourth-order valence-electron chi connectivity index (χ4n) is 3.47. The molecule has 0 spiro atoms. The van der Waals surface area contributed by atoms with Gasteiger partial charge >= 0.3 is 0 Å². The van der Waals surface area contributed by atoms with E-state index in [1.807, 2.05) is 97.2 Å². The van der Waals surface area contributed by atoms with Crippen molar-refractivity contribution >= 4 is 33.9 Å². The number of nitrogens with zero attached hydrogens (tertiary/aromatic N) is 2. The van der Waals surface area contributed by atoms with E-state index in [9.17, 15) is 5.21 Å². The van der Waals surface area contributed by atoms with E-state index in [-0.39, 0.29) is 0 Å². The number of pyridine rings is 1. The molecular formula is C26H18N2O2. The molecule has 2 heterocycles. The molecule has 144 valence electrons. The van der Waals surface area contributed by atoms with Crippen molar-refractivity contribution in [1.82, 2.24) is 4.98 Å². The third-order valence-corrected chi connectivity index (χ3v) is 5.03.